The highest BCUT2D eigenvalue weighted by Crippen LogP contribution is 2.29. The molecule has 17 heavy (non-hydrogen) atoms. The van der Waals surface area contributed by atoms with E-state index in [9.17, 15) is 18.0 Å². The van der Waals surface area contributed by atoms with Crippen LogP contribution < -0.4 is 0 Å². The molecule has 0 N–H and O–H groups in total. The Kier molecular flexibility index (Phi) is 2.90. The van der Waals surface area contributed by atoms with Gasteiger partial charge in [-0.2, -0.15) is 13.2 Å². The molecule has 0 saturated heterocycles. The van der Waals surface area contributed by atoms with Crippen LogP contribution in [0.2, 0.25) is 0 Å². The molecule has 0 atom stereocenters. The number of ketones is 1. The van der Waals surface area contributed by atoms with Crippen LogP contribution in [0.5, 0.6) is 0 Å². The van der Waals surface area contributed by atoms with Crippen LogP contribution in [-0.2, 0) is 24.1 Å². The lowest BCUT2D eigenvalue weighted by Crippen LogP contribution is -2.37. The van der Waals surface area contributed by atoms with Crippen LogP contribution in [0.25, 0.3) is 0 Å². The number of hydrogen-bond acceptors (Lipinski definition) is 4. The van der Waals surface area contributed by atoms with Crippen molar-refractivity contribution in [2.75, 3.05) is 13.1 Å². The molecule has 0 spiro atoms. The molecule has 0 aliphatic carbocycles. The average Bonchev–Trinajstić information content (AvgIpc) is 2.58. The van der Waals surface area contributed by atoms with Gasteiger partial charge in [-0.1, -0.05) is 0 Å². The van der Waals surface area contributed by atoms with Gasteiger partial charge in [-0.3, -0.25) is 9.69 Å². The van der Waals surface area contributed by atoms with Gasteiger partial charge in [-0.05, 0) is 6.92 Å². The molecule has 1 aromatic heterocycles. The Bertz CT molecular complexity index is 440. The third kappa shape index (κ3) is 2.46. The highest BCUT2D eigenvalue weighted by Gasteiger charge is 2.39. The summed E-state index contributed by atoms with van der Waals surface area (Å²) in [6.45, 7) is 2.45. The highest BCUT2D eigenvalue weighted by atomic mass is 19.4. The van der Waals surface area contributed by atoms with E-state index >= 15 is 0 Å². The van der Waals surface area contributed by atoms with Gasteiger partial charge in [-0.15, -0.1) is 10.2 Å². The number of rotatable bonds is 2. The standard InChI is InChI=1S/C9H11F3N4O/c1-6(17)4-15-2-3-16-7(5-15)13-14-8(16)9(10,11)12/h2-5H2,1H3. The molecule has 0 radical (unpaired) electrons. The van der Waals surface area contributed by atoms with Gasteiger partial charge in [-0.25, -0.2) is 0 Å². The van der Waals surface area contributed by atoms with Crippen molar-refractivity contribution in [2.24, 2.45) is 0 Å². The van der Waals surface area contributed by atoms with Crippen molar-refractivity contribution in [3.8, 4) is 0 Å². The first-order chi connectivity index (χ1) is 7.88. The second kappa shape index (κ2) is 4.10. The first-order valence-electron chi connectivity index (χ1n) is 5.09. The summed E-state index contributed by atoms with van der Waals surface area (Å²) >= 11 is 0. The minimum Gasteiger partial charge on any atom is -0.305 e. The SMILES string of the molecule is CC(=O)CN1CCn2c(nnc2C(F)(F)F)C1. The molecule has 0 aromatic carbocycles. The summed E-state index contributed by atoms with van der Waals surface area (Å²) in [5.41, 5.74) is 0. The Morgan fingerprint density at radius 3 is 2.65 bits per heavy atom. The number of carbonyl (C=O) groups excluding carboxylic acids is 1. The van der Waals surface area contributed by atoms with Gasteiger partial charge < -0.3 is 4.57 Å². The van der Waals surface area contributed by atoms with Gasteiger partial charge in [0.2, 0.25) is 5.82 Å². The minimum absolute atomic E-state index is 0.0194. The smallest absolute Gasteiger partial charge is 0.305 e. The summed E-state index contributed by atoms with van der Waals surface area (Å²) < 4.78 is 38.6. The quantitative estimate of drug-likeness (QED) is 0.773. The fourth-order valence-corrected chi connectivity index (χ4v) is 1.87. The first kappa shape index (κ1) is 12.0. The number of halogens is 3. The average molecular weight is 248 g/mol. The molecule has 1 aromatic rings. The molecule has 0 fully saturated rings. The Morgan fingerprint density at radius 2 is 2.06 bits per heavy atom. The third-order valence-electron chi connectivity index (χ3n) is 2.53. The highest BCUT2D eigenvalue weighted by molar-refractivity contribution is 5.77. The largest absolute Gasteiger partial charge is 0.451 e. The van der Waals surface area contributed by atoms with Crippen molar-refractivity contribution in [1.29, 1.82) is 0 Å². The zero-order chi connectivity index (χ0) is 12.6. The van der Waals surface area contributed by atoms with Crippen molar-refractivity contribution in [2.45, 2.75) is 26.2 Å². The van der Waals surface area contributed by atoms with E-state index in [4.69, 9.17) is 0 Å². The topological polar surface area (TPSA) is 51.0 Å². The molecule has 94 valence electrons. The number of hydrogen-bond donors (Lipinski definition) is 0. The van der Waals surface area contributed by atoms with Crippen molar-refractivity contribution >= 4 is 5.78 Å². The summed E-state index contributed by atoms with van der Waals surface area (Å²) in [7, 11) is 0. The number of Topliss-reactive ketones (excluding diaryl/α,β-unsaturated/α-hetero) is 1. The van der Waals surface area contributed by atoms with E-state index in [1.54, 1.807) is 4.90 Å². The lowest BCUT2D eigenvalue weighted by molar-refractivity contribution is -0.148. The van der Waals surface area contributed by atoms with E-state index in [1.165, 1.54) is 6.92 Å². The second-order valence-electron chi connectivity index (χ2n) is 4.00. The predicted molar refractivity (Wildman–Crippen MR) is 51.0 cm³/mol. The summed E-state index contributed by atoms with van der Waals surface area (Å²) in [6, 6.07) is 0. The van der Waals surface area contributed by atoms with E-state index in [0.717, 1.165) is 4.57 Å². The summed E-state index contributed by atoms with van der Waals surface area (Å²) in [5, 5.41) is 6.68. The number of nitrogens with zero attached hydrogens (tertiary/aromatic N) is 4. The number of fused-ring (bicyclic) bond motifs is 1. The van der Waals surface area contributed by atoms with Gasteiger partial charge in [0, 0.05) is 13.1 Å². The lowest BCUT2D eigenvalue weighted by atomic mass is 10.3. The molecule has 0 bridgehead atoms. The Balaban J connectivity index is 2.19. The van der Waals surface area contributed by atoms with Gasteiger partial charge in [0.05, 0.1) is 13.1 Å². The van der Waals surface area contributed by atoms with Crippen molar-refractivity contribution in [1.82, 2.24) is 19.7 Å². The van der Waals surface area contributed by atoms with Crippen LogP contribution in [0, 0.1) is 0 Å². The zero-order valence-electron chi connectivity index (χ0n) is 9.16. The summed E-state index contributed by atoms with van der Waals surface area (Å²) in [4.78, 5) is 12.7. The fourth-order valence-electron chi connectivity index (χ4n) is 1.87. The van der Waals surface area contributed by atoms with Crippen LogP contribution in [0.4, 0.5) is 13.2 Å². The van der Waals surface area contributed by atoms with Crippen LogP contribution in [-0.4, -0.2) is 38.5 Å². The predicted octanol–water partition coefficient (Wildman–Crippen LogP) is 0.701. The first-order valence-corrected chi connectivity index (χ1v) is 5.09. The molecule has 2 rings (SSSR count). The third-order valence-corrected chi connectivity index (χ3v) is 2.53. The molecule has 0 saturated carbocycles. The maximum Gasteiger partial charge on any atom is 0.451 e. The van der Waals surface area contributed by atoms with Gasteiger partial charge in [0.25, 0.3) is 0 Å². The maximum atomic E-state index is 12.5. The summed E-state index contributed by atoms with van der Waals surface area (Å²) in [6.07, 6.45) is -4.48. The molecular weight excluding hydrogens is 237 g/mol. The van der Waals surface area contributed by atoms with E-state index in [0.29, 0.717) is 6.54 Å². The minimum atomic E-state index is -4.48. The molecule has 0 amide bonds. The Morgan fingerprint density at radius 1 is 1.35 bits per heavy atom. The molecular formula is C9H11F3N4O. The van der Waals surface area contributed by atoms with E-state index in [1.807, 2.05) is 0 Å². The number of carbonyl (C=O) groups is 1. The number of aromatic nitrogens is 3. The van der Waals surface area contributed by atoms with Gasteiger partial charge in [0.15, 0.2) is 0 Å². The fraction of sp³-hybridized carbons (Fsp3) is 0.667. The van der Waals surface area contributed by atoms with Crippen molar-refractivity contribution in [3.63, 3.8) is 0 Å². The second-order valence-corrected chi connectivity index (χ2v) is 4.00. The Labute approximate surface area is 95.2 Å². The van der Waals surface area contributed by atoms with Crippen molar-refractivity contribution < 1.29 is 18.0 Å². The molecule has 2 heterocycles. The van der Waals surface area contributed by atoms with E-state index in [-0.39, 0.29) is 31.2 Å². The van der Waals surface area contributed by atoms with Crippen molar-refractivity contribution in [3.05, 3.63) is 11.6 Å². The summed E-state index contributed by atoms with van der Waals surface area (Å²) in [5.74, 6) is -0.728. The van der Waals surface area contributed by atoms with Crippen LogP contribution in [0.3, 0.4) is 0 Å². The van der Waals surface area contributed by atoms with Crippen LogP contribution in [0.1, 0.15) is 18.6 Å². The molecule has 0 unspecified atom stereocenters. The monoisotopic (exact) mass is 248 g/mol. The lowest BCUT2D eigenvalue weighted by Gasteiger charge is -2.26. The van der Waals surface area contributed by atoms with Gasteiger partial charge in [0.1, 0.15) is 11.6 Å². The van der Waals surface area contributed by atoms with Gasteiger partial charge >= 0.3 is 6.18 Å². The van der Waals surface area contributed by atoms with Crippen LogP contribution >= 0.6 is 0 Å². The normalized spacial score (nSPS) is 16.9. The Hall–Kier alpha value is -1.44. The zero-order valence-corrected chi connectivity index (χ0v) is 9.16. The van der Waals surface area contributed by atoms with E-state index < -0.39 is 12.0 Å². The number of alkyl halides is 3. The van der Waals surface area contributed by atoms with Crippen LogP contribution in [0.15, 0.2) is 0 Å². The van der Waals surface area contributed by atoms with E-state index in [2.05, 4.69) is 10.2 Å². The maximum absolute atomic E-state index is 12.5. The molecule has 1 aliphatic rings. The molecule has 5 nitrogen and oxygen atoms in total. The molecule has 1 aliphatic heterocycles. The molecule has 8 heteroatoms.